The lowest BCUT2D eigenvalue weighted by molar-refractivity contribution is 0.728. The number of hydrogen-bond donors (Lipinski definition) is 0. The maximum absolute atomic E-state index is 12.7. The van der Waals surface area contributed by atoms with E-state index in [1.807, 2.05) is 12.1 Å². The first-order chi connectivity index (χ1) is 10.2. The fraction of sp³-hybridized carbons (Fsp3) is 0.0588. The summed E-state index contributed by atoms with van der Waals surface area (Å²) in [5.74, 6) is 0. The summed E-state index contributed by atoms with van der Waals surface area (Å²) in [6.45, 7) is 4.04. The van der Waals surface area contributed by atoms with Crippen molar-refractivity contribution in [3.05, 3.63) is 88.1 Å². The Balaban J connectivity index is 2.49. The minimum atomic E-state index is -0.357. The molecule has 0 aliphatic heterocycles. The van der Waals surface area contributed by atoms with Crippen molar-refractivity contribution in [2.24, 2.45) is 0 Å². The molecule has 4 nitrogen and oxygen atoms in total. The summed E-state index contributed by atoms with van der Waals surface area (Å²) in [5.41, 5.74) is 0.530. The van der Waals surface area contributed by atoms with Gasteiger partial charge in [0, 0.05) is 6.54 Å². The van der Waals surface area contributed by atoms with E-state index >= 15 is 0 Å². The zero-order valence-electron chi connectivity index (χ0n) is 11.4. The Labute approximate surface area is 121 Å². The van der Waals surface area contributed by atoms with Crippen LogP contribution in [0.3, 0.4) is 0 Å². The van der Waals surface area contributed by atoms with E-state index in [1.165, 1.54) is 4.57 Å². The molecule has 0 bridgehead atoms. The summed E-state index contributed by atoms with van der Waals surface area (Å²) in [7, 11) is 0. The maximum atomic E-state index is 12.7. The highest BCUT2D eigenvalue weighted by molar-refractivity contribution is 5.78. The van der Waals surface area contributed by atoms with E-state index in [4.69, 9.17) is 0 Å². The molecule has 0 saturated heterocycles. The molecule has 2 aromatic carbocycles. The van der Waals surface area contributed by atoms with Gasteiger partial charge in [-0.15, -0.1) is 6.58 Å². The third kappa shape index (κ3) is 2.10. The predicted molar refractivity (Wildman–Crippen MR) is 84.0 cm³/mol. The zero-order valence-corrected chi connectivity index (χ0v) is 11.4. The highest BCUT2D eigenvalue weighted by Crippen LogP contribution is 2.09. The standard InChI is InChI=1S/C17H14N2O2/c1-2-12-18-15-11-7-6-10-14(15)16(20)19(17(18)21)13-8-4-3-5-9-13/h2-11H,1,12H2. The Kier molecular flexibility index (Phi) is 3.28. The number of aromatic nitrogens is 2. The highest BCUT2D eigenvalue weighted by atomic mass is 16.2. The van der Waals surface area contributed by atoms with Crippen LogP contribution in [0.1, 0.15) is 0 Å². The van der Waals surface area contributed by atoms with Crippen LogP contribution < -0.4 is 11.2 Å². The van der Waals surface area contributed by atoms with E-state index in [-0.39, 0.29) is 11.2 Å². The van der Waals surface area contributed by atoms with Crippen LogP contribution in [0.5, 0.6) is 0 Å². The SMILES string of the molecule is C=CCn1c(=O)n(-c2ccccc2)c(=O)c2ccccc21. The molecular weight excluding hydrogens is 264 g/mol. The molecule has 0 spiro atoms. The lowest BCUT2D eigenvalue weighted by atomic mass is 10.2. The molecule has 0 fully saturated rings. The molecule has 21 heavy (non-hydrogen) atoms. The average molecular weight is 278 g/mol. The summed E-state index contributed by atoms with van der Waals surface area (Å²) in [6, 6.07) is 16.1. The van der Waals surface area contributed by atoms with Crippen LogP contribution in [-0.2, 0) is 6.54 Å². The fourth-order valence-corrected chi connectivity index (χ4v) is 2.43. The van der Waals surface area contributed by atoms with E-state index in [0.717, 1.165) is 0 Å². The first-order valence-electron chi connectivity index (χ1n) is 6.65. The highest BCUT2D eigenvalue weighted by Gasteiger charge is 2.12. The minimum Gasteiger partial charge on any atom is -0.289 e. The van der Waals surface area contributed by atoms with Crippen molar-refractivity contribution in [3.63, 3.8) is 0 Å². The Morgan fingerprint density at radius 1 is 0.952 bits per heavy atom. The second-order valence-corrected chi connectivity index (χ2v) is 4.68. The molecule has 1 aromatic heterocycles. The van der Waals surface area contributed by atoms with Crippen LogP contribution in [0.4, 0.5) is 0 Å². The third-order valence-electron chi connectivity index (χ3n) is 3.38. The molecule has 0 aliphatic rings. The molecule has 0 N–H and O–H groups in total. The number of allylic oxidation sites excluding steroid dienone is 1. The maximum Gasteiger partial charge on any atom is 0.336 e. The van der Waals surface area contributed by atoms with E-state index < -0.39 is 0 Å². The summed E-state index contributed by atoms with van der Waals surface area (Å²) >= 11 is 0. The van der Waals surface area contributed by atoms with Crippen molar-refractivity contribution in [2.45, 2.75) is 6.54 Å². The zero-order chi connectivity index (χ0) is 14.8. The van der Waals surface area contributed by atoms with Crippen LogP contribution >= 0.6 is 0 Å². The van der Waals surface area contributed by atoms with Gasteiger partial charge in [-0.2, -0.15) is 0 Å². The number of benzene rings is 2. The van der Waals surface area contributed by atoms with E-state index in [0.29, 0.717) is 23.1 Å². The van der Waals surface area contributed by atoms with Crippen molar-refractivity contribution in [1.82, 2.24) is 9.13 Å². The Morgan fingerprint density at radius 3 is 2.33 bits per heavy atom. The second kappa shape index (κ2) is 5.25. The van der Waals surface area contributed by atoms with Crippen molar-refractivity contribution < 1.29 is 0 Å². The smallest absolute Gasteiger partial charge is 0.289 e. The number of rotatable bonds is 3. The minimum absolute atomic E-state index is 0.304. The van der Waals surface area contributed by atoms with Crippen molar-refractivity contribution in [2.75, 3.05) is 0 Å². The number of nitrogens with zero attached hydrogens (tertiary/aromatic N) is 2. The molecule has 1 heterocycles. The summed E-state index contributed by atoms with van der Waals surface area (Å²) in [5, 5.41) is 0.516. The van der Waals surface area contributed by atoms with Crippen LogP contribution in [0.2, 0.25) is 0 Å². The van der Waals surface area contributed by atoms with Crippen molar-refractivity contribution in [3.8, 4) is 5.69 Å². The monoisotopic (exact) mass is 278 g/mol. The van der Waals surface area contributed by atoms with Gasteiger partial charge in [-0.3, -0.25) is 9.36 Å². The summed E-state index contributed by atoms with van der Waals surface area (Å²) < 4.78 is 2.75. The van der Waals surface area contributed by atoms with Gasteiger partial charge in [-0.1, -0.05) is 36.4 Å². The lowest BCUT2D eigenvalue weighted by Gasteiger charge is -2.12. The van der Waals surface area contributed by atoms with Crippen molar-refractivity contribution >= 4 is 10.9 Å². The summed E-state index contributed by atoms with van der Waals surface area (Å²) in [4.78, 5) is 25.3. The Bertz CT molecular complexity index is 921. The fourth-order valence-electron chi connectivity index (χ4n) is 2.43. The molecule has 0 saturated carbocycles. The molecular formula is C17H14N2O2. The number of fused-ring (bicyclic) bond motifs is 1. The van der Waals surface area contributed by atoms with Crippen LogP contribution in [0, 0.1) is 0 Å². The van der Waals surface area contributed by atoms with E-state index in [9.17, 15) is 9.59 Å². The lowest BCUT2D eigenvalue weighted by Crippen LogP contribution is -2.38. The predicted octanol–water partition coefficient (Wildman–Crippen LogP) is 2.34. The number of hydrogen-bond acceptors (Lipinski definition) is 2. The molecule has 104 valence electrons. The Hall–Kier alpha value is -2.88. The topological polar surface area (TPSA) is 44.0 Å². The molecule has 0 radical (unpaired) electrons. The van der Waals surface area contributed by atoms with Gasteiger partial charge in [0.2, 0.25) is 0 Å². The quantitative estimate of drug-likeness (QED) is 0.690. The first-order valence-corrected chi connectivity index (χ1v) is 6.65. The molecule has 0 unspecified atom stereocenters. The van der Waals surface area contributed by atoms with E-state index in [2.05, 4.69) is 6.58 Å². The molecule has 0 atom stereocenters. The average Bonchev–Trinajstić information content (AvgIpc) is 2.53. The van der Waals surface area contributed by atoms with Gasteiger partial charge in [0.15, 0.2) is 0 Å². The first kappa shape index (κ1) is 13.1. The molecule has 3 rings (SSSR count). The third-order valence-corrected chi connectivity index (χ3v) is 3.38. The van der Waals surface area contributed by atoms with Gasteiger partial charge >= 0.3 is 5.69 Å². The van der Waals surface area contributed by atoms with Crippen LogP contribution in [-0.4, -0.2) is 9.13 Å². The molecule has 0 amide bonds. The largest absolute Gasteiger partial charge is 0.336 e. The molecule has 0 aliphatic carbocycles. The molecule has 4 heteroatoms. The summed E-state index contributed by atoms with van der Waals surface area (Å²) in [6.07, 6.45) is 1.65. The number of para-hydroxylation sites is 2. The molecule has 3 aromatic rings. The van der Waals surface area contributed by atoms with Gasteiger partial charge in [0.1, 0.15) is 0 Å². The normalized spacial score (nSPS) is 10.7. The van der Waals surface area contributed by atoms with Gasteiger partial charge in [-0.05, 0) is 24.3 Å². The second-order valence-electron chi connectivity index (χ2n) is 4.68. The van der Waals surface area contributed by atoms with Crippen LogP contribution in [0.15, 0.2) is 76.8 Å². The van der Waals surface area contributed by atoms with Gasteiger partial charge in [-0.25, -0.2) is 9.36 Å². The Morgan fingerprint density at radius 2 is 1.62 bits per heavy atom. The van der Waals surface area contributed by atoms with E-state index in [1.54, 1.807) is 53.1 Å². The van der Waals surface area contributed by atoms with Gasteiger partial charge in [0.05, 0.1) is 16.6 Å². The van der Waals surface area contributed by atoms with Gasteiger partial charge < -0.3 is 0 Å². The van der Waals surface area contributed by atoms with Crippen LogP contribution in [0.25, 0.3) is 16.6 Å². The van der Waals surface area contributed by atoms with Crippen molar-refractivity contribution in [1.29, 1.82) is 0 Å². The van der Waals surface area contributed by atoms with Gasteiger partial charge in [0.25, 0.3) is 5.56 Å².